The highest BCUT2D eigenvalue weighted by atomic mass is 19.1. The summed E-state index contributed by atoms with van der Waals surface area (Å²) < 4.78 is 30.1. The molecule has 0 bridgehead atoms. The van der Waals surface area contributed by atoms with Gasteiger partial charge in [-0.25, -0.2) is 23.0 Å². The molecular formula is C17H14F2N6. The second kappa shape index (κ2) is 5.66. The van der Waals surface area contributed by atoms with E-state index in [9.17, 15) is 8.78 Å². The van der Waals surface area contributed by atoms with Crippen molar-refractivity contribution < 1.29 is 8.78 Å². The van der Waals surface area contributed by atoms with Crippen molar-refractivity contribution in [3.8, 4) is 5.69 Å². The lowest BCUT2D eigenvalue weighted by atomic mass is 10.0. The number of nitrogens with zero attached hydrogens (tertiary/aromatic N) is 5. The Bertz CT molecular complexity index is 1070. The van der Waals surface area contributed by atoms with Crippen molar-refractivity contribution >= 4 is 11.3 Å². The predicted molar refractivity (Wildman–Crippen MR) is 88.4 cm³/mol. The van der Waals surface area contributed by atoms with Crippen LogP contribution in [-0.2, 0) is 0 Å². The van der Waals surface area contributed by atoms with Gasteiger partial charge in [0.05, 0.1) is 11.9 Å². The molecule has 0 fully saturated rings. The highest BCUT2D eigenvalue weighted by Gasteiger charge is 2.17. The van der Waals surface area contributed by atoms with Crippen molar-refractivity contribution in [3.63, 3.8) is 0 Å². The number of aromatic nitrogens is 5. The highest BCUT2D eigenvalue weighted by Crippen LogP contribution is 2.27. The Labute approximate surface area is 141 Å². The molecule has 0 radical (unpaired) electrons. The topological polar surface area (TPSA) is 74.0 Å². The standard InChI is InChI=1S/C17H14F2N6/c1-10(14-4-5-16-17(20)21-9-23-25(14)16)11-7-22-24(8-11)15-3-2-12(18)6-13(15)19/h2-10H,1H3,(H2,20,21,23). The van der Waals surface area contributed by atoms with E-state index in [0.29, 0.717) is 5.82 Å². The quantitative estimate of drug-likeness (QED) is 0.622. The van der Waals surface area contributed by atoms with Crippen LogP contribution in [0.25, 0.3) is 11.2 Å². The number of benzene rings is 1. The molecule has 1 atom stereocenters. The fourth-order valence-electron chi connectivity index (χ4n) is 2.83. The third-order valence-corrected chi connectivity index (χ3v) is 4.21. The Morgan fingerprint density at radius 1 is 1.12 bits per heavy atom. The first kappa shape index (κ1) is 15.3. The van der Waals surface area contributed by atoms with Crippen molar-refractivity contribution in [2.24, 2.45) is 0 Å². The summed E-state index contributed by atoms with van der Waals surface area (Å²) >= 11 is 0. The van der Waals surface area contributed by atoms with Gasteiger partial charge in [0, 0.05) is 18.2 Å². The zero-order chi connectivity index (χ0) is 17.6. The first-order valence-corrected chi connectivity index (χ1v) is 7.62. The van der Waals surface area contributed by atoms with Gasteiger partial charge in [-0.05, 0) is 29.8 Å². The van der Waals surface area contributed by atoms with E-state index in [-0.39, 0.29) is 11.6 Å². The molecule has 2 N–H and O–H groups in total. The number of hydrogen-bond acceptors (Lipinski definition) is 4. The van der Waals surface area contributed by atoms with Gasteiger partial charge in [-0.15, -0.1) is 0 Å². The minimum Gasteiger partial charge on any atom is -0.382 e. The number of anilines is 1. The molecule has 4 rings (SSSR count). The van der Waals surface area contributed by atoms with Gasteiger partial charge in [-0.2, -0.15) is 10.2 Å². The number of nitrogen functional groups attached to an aromatic ring is 1. The summed E-state index contributed by atoms with van der Waals surface area (Å²) in [5.74, 6) is -0.957. The number of fused-ring (bicyclic) bond motifs is 1. The molecule has 126 valence electrons. The molecule has 8 heteroatoms. The summed E-state index contributed by atoms with van der Waals surface area (Å²) in [5, 5.41) is 8.43. The van der Waals surface area contributed by atoms with E-state index in [1.807, 2.05) is 19.1 Å². The molecule has 0 saturated carbocycles. The van der Waals surface area contributed by atoms with E-state index < -0.39 is 11.6 Å². The Kier molecular flexibility index (Phi) is 3.45. The Morgan fingerprint density at radius 2 is 1.96 bits per heavy atom. The summed E-state index contributed by atoms with van der Waals surface area (Å²) in [7, 11) is 0. The molecule has 4 aromatic rings. The minimum absolute atomic E-state index is 0.0611. The average molecular weight is 340 g/mol. The first-order valence-electron chi connectivity index (χ1n) is 7.62. The number of rotatable bonds is 3. The maximum absolute atomic E-state index is 13.9. The Morgan fingerprint density at radius 3 is 2.76 bits per heavy atom. The molecule has 0 aliphatic carbocycles. The van der Waals surface area contributed by atoms with E-state index in [1.54, 1.807) is 16.9 Å². The number of nitrogens with two attached hydrogens (primary N) is 1. The van der Waals surface area contributed by atoms with E-state index >= 15 is 0 Å². The second-order valence-electron chi connectivity index (χ2n) is 5.74. The molecule has 0 aliphatic heterocycles. The van der Waals surface area contributed by atoms with Gasteiger partial charge in [0.15, 0.2) is 11.6 Å². The van der Waals surface area contributed by atoms with Gasteiger partial charge in [0.1, 0.15) is 23.3 Å². The Hall–Kier alpha value is -3.29. The van der Waals surface area contributed by atoms with Crippen LogP contribution in [0, 0.1) is 11.6 Å². The second-order valence-corrected chi connectivity index (χ2v) is 5.74. The summed E-state index contributed by atoms with van der Waals surface area (Å²) in [4.78, 5) is 3.97. The lowest BCUT2D eigenvalue weighted by Gasteiger charge is -2.09. The average Bonchev–Trinajstić information content (AvgIpc) is 3.22. The van der Waals surface area contributed by atoms with Crippen LogP contribution in [-0.4, -0.2) is 24.4 Å². The van der Waals surface area contributed by atoms with E-state index in [1.165, 1.54) is 23.1 Å². The van der Waals surface area contributed by atoms with Gasteiger partial charge < -0.3 is 5.73 Å². The molecule has 6 nitrogen and oxygen atoms in total. The lowest BCUT2D eigenvalue weighted by molar-refractivity contribution is 0.573. The van der Waals surface area contributed by atoms with Crippen LogP contribution in [0.1, 0.15) is 24.1 Å². The summed E-state index contributed by atoms with van der Waals surface area (Å²) in [6, 6.07) is 7.16. The maximum atomic E-state index is 13.9. The monoisotopic (exact) mass is 340 g/mol. The van der Waals surface area contributed by atoms with Crippen LogP contribution in [0.2, 0.25) is 0 Å². The van der Waals surface area contributed by atoms with Gasteiger partial charge in [-0.3, -0.25) is 0 Å². The van der Waals surface area contributed by atoms with Crippen LogP contribution in [0.4, 0.5) is 14.6 Å². The van der Waals surface area contributed by atoms with E-state index in [4.69, 9.17) is 5.73 Å². The summed E-state index contributed by atoms with van der Waals surface area (Å²) in [6.07, 6.45) is 4.76. The molecule has 0 aliphatic rings. The Balaban J connectivity index is 1.73. The van der Waals surface area contributed by atoms with E-state index in [0.717, 1.165) is 22.8 Å². The van der Waals surface area contributed by atoms with Crippen molar-refractivity contribution in [1.29, 1.82) is 0 Å². The molecular weight excluding hydrogens is 326 g/mol. The van der Waals surface area contributed by atoms with Crippen molar-refractivity contribution in [2.45, 2.75) is 12.8 Å². The lowest BCUT2D eigenvalue weighted by Crippen LogP contribution is -2.05. The number of hydrogen-bond donors (Lipinski definition) is 1. The van der Waals surface area contributed by atoms with Gasteiger partial charge in [0.25, 0.3) is 0 Å². The predicted octanol–water partition coefficient (Wildman–Crippen LogP) is 2.93. The number of halogens is 2. The molecule has 1 unspecified atom stereocenters. The third kappa shape index (κ3) is 2.51. The molecule has 0 saturated heterocycles. The van der Waals surface area contributed by atoms with E-state index in [2.05, 4.69) is 15.2 Å². The molecule has 3 aromatic heterocycles. The van der Waals surface area contributed by atoms with Crippen LogP contribution < -0.4 is 5.73 Å². The fourth-order valence-corrected chi connectivity index (χ4v) is 2.83. The van der Waals surface area contributed by atoms with Crippen molar-refractivity contribution in [1.82, 2.24) is 24.4 Å². The molecule has 1 aromatic carbocycles. The van der Waals surface area contributed by atoms with Gasteiger partial charge in [0.2, 0.25) is 0 Å². The van der Waals surface area contributed by atoms with Crippen LogP contribution in [0.3, 0.4) is 0 Å². The van der Waals surface area contributed by atoms with Crippen LogP contribution >= 0.6 is 0 Å². The van der Waals surface area contributed by atoms with Crippen LogP contribution in [0.5, 0.6) is 0 Å². The zero-order valence-electron chi connectivity index (χ0n) is 13.3. The molecule has 0 amide bonds. The third-order valence-electron chi connectivity index (χ3n) is 4.21. The summed E-state index contributed by atoms with van der Waals surface area (Å²) in [6.45, 7) is 1.99. The highest BCUT2D eigenvalue weighted by molar-refractivity contribution is 5.65. The van der Waals surface area contributed by atoms with Crippen molar-refractivity contribution in [3.05, 3.63) is 71.9 Å². The minimum atomic E-state index is -0.670. The van der Waals surface area contributed by atoms with Crippen molar-refractivity contribution in [2.75, 3.05) is 5.73 Å². The normalized spacial score (nSPS) is 12.6. The molecule has 0 spiro atoms. The SMILES string of the molecule is CC(c1cnn(-c2ccc(F)cc2F)c1)c1ccc2c(N)ncnn12. The molecule has 25 heavy (non-hydrogen) atoms. The molecule has 3 heterocycles. The first-order chi connectivity index (χ1) is 12.0. The smallest absolute Gasteiger partial charge is 0.151 e. The van der Waals surface area contributed by atoms with Gasteiger partial charge >= 0.3 is 0 Å². The summed E-state index contributed by atoms with van der Waals surface area (Å²) in [5.41, 5.74) is 8.53. The fraction of sp³-hybridized carbons (Fsp3) is 0.118. The maximum Gasteiger partial charge on any atom is 0.151 e. The van der Waals surface area contributed by atoms with Gasteiger partial charge in [-0.1, -0.05) is 6.92 Å². The largest absolute Gasteiger partial charge is 0.382 e. The van der Waals surface area contributed by atoms with Crippen LogP contribution in [0.15, 0.2) is 49.1 Å². The zero-order valence-corrected chi connectivity index (χ0v) is 13.3.